The lowest BCUT2D eigenvalue weighted by Gasteiger charge is -2.37. The molecule has 0 heterocycles. The average Bonchev–Trinajstić information content (AvgIpc) is 2.35. The van der Waals surface area contributed by atoms with Crippen LogP contribution in [0.2, 0.25) is 0 Å². The highest BCUT2D eigenvalue weighted by atomic mass is 16.2. The molecule has 1 rings (SSSR count). The van der Waals surface area contributed by atoms with Gasteiger partial charge in [-0.3, -0.25) is 9.69 Å². The summed E-state index contributed by atoms with van der Waals surface area (Å²) in [6.07, 6.45) is 6.31. The van der Waals surface area contributed by atoms with Gasteiger partial charge >= 0.3 is 0 Å². The Bertz CT molecular complexity index is 249. The zero-order chi connectivity index (χ0) is 13.5. The van der Waals surface area contributed by atoms with Crippen LogP contribution in [0.5, 0.6) is 0 Å². The van der Waals surface area contributed by atoms with Gasteiger partial charge in [0.25, 0.3) is 0 Å². The van der Waals surface area contributed by atoms with E-state index in [-0.39, 0.29) is 18.0 Å². The zero-order valence-electron chi connectivity index (χ0n) is 12.1. The normalized spacial score (nSPS) is 19.2. The van der Waals surface area contributed by atoms with E-state index >= 15 is 0 Å². The summed E-state index contributed by atoms with van der Waals surface area (Å²) < 4.78 is 0. The van der Waals surface area contributed by atoms with Gasteiger partial charge in [0, 0.05) is 25.2 Å². The van der Waals surface area contributed by atoms with Crippen LogP contribution in [-0.2, 0) is 4.79 Å². The molecular weight excluding hydrogens is 226 g/mol. The van der Waals surface area contributed by atoms with Gasteiger partial charge in [0.15, 0.2) is 0 Å². The van der Waals surface area contributed by atoms with E-state index in [1.807, 2.05) is 20.8 Å². The maximum atomic E-state index is 12.1. The standard InChI is InChI=1S/C14H29N3O/c1-11(2)16-14(18)12(3)17(10-9-15)13-7-5-4-6-8-13/h11-13H,4-10,15H2,1-3H3,(H,16,18). The third kappa shape index (κ3) is 4.58. The highest BCUT2D eigenvalue weighted by Gasteiger charge is 2.28. The Morgan fingerprint density at radius 2 is 1.89 bits per heavy atom. The fourth-order valence-electron chi connectivity index (χ4n) is 2.81. The molecule has 4 nitrogen and oxygen atoms in total. The molecule has 1 fully saturated rings. The monoisotopic (exact) mass is 255 g/mol. The predicted molar refractivity (Wildman–Crippen MR) is 75.4 cm³/mol. The molecule has 1 aliphatic carbocycles. The van der Waals surface area contributed by atoms with Gasteiger partial charge in [-0.1, -0.05) is 19.3 Å². The van der Waals surface area contributed by atoms with Crippen molar-refractivity contribution in [3.05, 3.63) is 0 Å². The molecule has 0 aromatic carbocycles. The smallest absolute Gasteiger partial charge is 0.237 e. The Labute approximate surface area is 111 Å². The molecule has 1 saturated carbocycles. The summed E-state index contributed by atoms with van der Waals surface area (Å²) in [5, 5.41) is 3.00. The van der Waals surface area contributed by atoms with E-state index in [1.54, 1.807) is 0 Å². The quantitative estimate of drug-likeness (QED) is 0.756. The lowest BCUT2D eigenvalue weighted by Crippen LogP contribution is -2.52. The van der Waals surface area contributed by atoms with Crippen LogP contribution in [0.15, 0.2) is 0 Å². The number of nitrogens with zero attached hydrogens (tertiary/aromatic N) is 1. The van der Waals surface area contributed by atoms with E-state index in [0.717, 1.165) is 6.54 Å². The molecule has 0 bridgehead atoms. The molecule has 0 radical (unpaired) electrons. The molecule has 106 valence electrons. The first-order valence-electron chi connectivity index (χ1n) is 7.32. The van der Waals surface area contributed by atoms with Crippen LogP contribution in [-0.4, -0.2) is 42.0 Å². The molecule has 4 heteroatoms. The van der Waals surface area contributed by atoms with Gasteiger partial charge in [-0.05, 0) is 33.6 Å². The van der Waals surface area contributed by atoms with E-state index in [2.05, 4.69) is 10.2 Å². The summed E-state index contributed by atoms with van der Waals surface area (Å²) >= 11 is 0. The zero-order valence-corrected chi connectivity index (χ0v) is 12.1. The topological polar surface area (TPSA) is 58.4 Å². The van der Waals surface area contributed by atoms with Crippen molar-refractivity contribution in [2.24, 2.45) is 5.73 Å². The van der Waals surface area contributed by atoms with Gasteiger partial charge < -0.3 is 11.1 Å². The number of hydrogen-bond donors (Lipinski definition) is 2. The predicted octanol–water partition coefficient (Wildman–Crippen LogP) is 1.49. The van der Waals surface area contributed by atoms with Crippen molar-refractivity contribution in [1.29, 1.82) is 0 Å². The van der Waals surface area contributed by atoms with Gasteiger partial charge in [-0.2, -0.15) is 0 Å². The van der Waals surface area contributed by atoms with Crippen molar-refractivity contribution in [2.75, 3.05) is 13.1 Å². The van der Waals surface area contributed by atoms with Crippen molar-refractivity contribution >= 4 is 5.91 Å². The Balaban J connectivity index is 2.61. The Hall–Kier alpha value is -0.610. The minimum atomic E-state index is -0.0703. The fourth-order valence-corrected chi connectivity index (χ4v) is 2.81. The van der Waals surface area contributed by atoms with Crippen LogP contribution in [0.4, 0.5) is 0 Å². The van der Waals surface area contributed by atoms with Gasteiger partial charge in [-0.15, -0.1) is 0 Å². The van der Waals surface area contributed by atoms with E-state index in [9.17, 15) is 4.79 Å². The minimum absolute atomic E-state index is 0.0703. The van der Waals surface area contributed by atoms with Crippen molar-refractivity contribution in [1.82, 2.24) is 10.2 Å². The maximum Gasteiger partial charge on any atom is 0.237 e. The third-order valence-electron chi connectivity index (χ3n) is 3.74. The molecule has 18 heavy (non-hydrogen) atoms. The summed E-state index contributed by atoms with van der Waals surface area (Å²) in [6.45, 7) is 7.44. The summed E-state index contributed by atoms with van der Waals surface area (Å²) in [5.41, 5.74) is 5.70. The molecule has 1 amide bonds. The summed E-state index contributed by atoms with van der Waals surface area (Å²) in [4.78, 5) is 14.4. The van der Waals surface area contributed by atoms with E-state index in [0.29, 0.717) is 12.6 Å². The Kier molecular flexibility index (Phi) is 6.65. The first-order chi connectivity index (χ1) is 8.56. The molecule has 1 atom stereocenters. The van der Waals surface area contributed by atoms with Crippen molar-refractivity contribution in [3.8, 4) is 0 Å². The molecule has 1 aliphatic rings. The van der Waals surface area contributed by atoms with Gasteiger partial charge in [0.05, 0.1) is 6.04 Å². The fraction of sp³-hybridized carbons (Fsp3) is 0.929. The van der Waals surface area contributed by atoms with Crippen molar-refractivity contribution in [2.45, 2.75) is 71.0 Å². The molecular formula is C14H29N3O. The number of hydrogen-bond acceptors (Lipinski definition) is 3. The number of nitrogens with two attached hydrogens (primary N) is 1. The van der Waals surface area contributed by atoms with Gasteiger partial charge in [0.1, 0.15) is 0 Å². The second kappa shape index (κ2) is 7.74. The number of carbonyl (C=O) groups excluding carboxylic acids is 1. The first kappa shape index (κ1) is 15.4. The number of rotatable bonds is 6. The Morgan fingerprint density at radius 3 is 2.39 bits per heavy atom. The molecule has 0 aliphatic heterocycles. The van der Waals surface area contributed by atoms with Crippen LogP contribution < -0.4 is 11.1 Å². The molecule has 1 unspecified atom stereocenters. The highest BCUT2D eigenvalue weighted by Crippen LogP contribution is 2.24. The van der Waals surface area contributed by atoms with Crippen LogP contribution >= 0.6 is 0 Å². The van der Waals surface area contributed by atoms with Crippen molar-refractivity contribution < 1.29 is 4.79 Å². The molecule has 0 saturated heterocycles. The number of amides is 1. The van der Waals surface area contributed by atoms with Crippen LogP contribution in [0.3, 0.4) is 0 Å². The van der Waals surface area contributed by atoms with Gasteiger partial charge in [0.2, 0.25) is 5.91 Å². The average molecular weight is 255 g/mol. The number of carbonyl (C=O) groups is 1. The molecule has 0 spiro atoms. The van der Waals surface area contributed by atoms with Gasteiger partial charge in [-0.25, -0.2) is 0 Å². The highest BCUT2D eigenvalue weighted by molar-refractivity contribution is 5.81. The van der Waals surface area contributed by atoms with Crippen LogP contribution in [0.25, 0.3) is 0 Å². The minimum Gasteiger partial charge on any atom is -0.353 e. The maximum absolute atomic E-state index is 12.1. The largest absolute Gasteiger partial charge is 0.353 e. The van der Waals surface area contributed by atoms with Crippen molar-refractivity contribution in [3.63, 3.8) is 0 Å². The SMILES string of the molecule is CC(C)NC(=O)C(C)N(CCN)C1CCCCC1. The second-order valence-electron chi connectivity index (χ2n) is 5.66. The summed E-state index contributed by atoms with van der Waals surface area (Å²) in [7, 11) is 0. The lowest BCUT2D eigenvalue weighted by molar-refractivity contribution is -0.127. The number of nitrogens with one attached hydrogen (secondary N) is 1. The van der Waals surface area contributed by atoms with Crippen LogP contribution in [0.1, 0.15) is 52.9 Å². The van der Waals surface area contributed by atoms with E-state index < -0.39 is 0 Å². The van der Waals surface area contributed by atoms with Crippen LogP contribution in [0, 0.1) is 0 Å². The lowest BCUT2D eigenvalue weighted by atomic mass is 9.93. The molecule has 3 N–H and O–H groups in total. The summed E-state index contributed by atoms with van der Waals surface area (Å²) in [5.74, 6) is 0.129. The van der Waals surface area contributed by atoms with E-state index in [4.69, 9.17) is 5.73 Å². The third-order valence-corrected chi connectivity index (χ3v) is 3.74. The first-order valence-corrected chi connectivity index (χ1v) is 7.32. The van der Waals surface area contributed by atoms with E-state index in [1.165, 1.54) is 32.1 Å². The second-order valence-corrected chi connectivity index (χ2v) is 5.66. The Morgan fingerprint density at radius 1 is 1.28 bits per heavy atom. The summed E-state index contributed by atoms with van der Waals surface area (Å²) in [6, 6.07) is 0.667. The molecule has 0 aromatic heterocycles. The molecule has 0 aromatic rings.